The van der Waals surface area contributed by atoms with Crippen molar-refractivity contribution in [1.29, 1.82) is 0 Å². The zero-order valence-electron chi connectivity index (χ0n) is 12.7. The smallest absolute Gasteiger partial charge is 0.0247 e. The Morgan fingerprint density at radius 1 is 1.17 bits per heavy atom. The summed E-state index contributed by atoms with van der Waals surface area (Å²) in [5, 5.41) is 3.78. The molecule has 0 amide bonds. The van der Waals surface area contributed by atoms with Gasteiger partial charge < -0.3 is 5.32 Å². The third-order valence-corrected chi connectivity index (χ3v) is 4.66. The maximum atomic E-state index is 3.78. The van der Waals surface area contributed by atoms with E-state index in [1.54, 1.807) is 0 Å². The highest BCUT2D eigenvalue weighted by Gasteiger charge is 2.38. The van der Waals surface area contributed by atoms with Crippen LogP contribution in [0.1, 0.15) is 47.5 Å². The van der Waals surface area contributed by atoms with E-state index in [2.05, 4.69) is 57.0 Å². The van der Waals surface area contributed by atoms with E-state index in [0.29, 0.717) is 17.5 Å². The number of hydrogen-bond donors (Lipinski definition) is 1. The minimum Gasteiger partial charge on any atom is -0.311 e. The predicted octanol–water partition coefficient (Wildman–Crippen LogP) is 3.05. The zero-order chi connectivity index (χ0) is 13.3. The molecule has 104 valence electrons. The van der Waals surface area contributed by atoms with Crippen molar-refractivity contribution < 1.29 is 0 Å². The molecule has 0 aromatic heterocycles. The first-order valence-corrected chi connectivity index (χ1v) is 7.53. The fraction of sp³-hybridized carbons (Fsp3) is 0.875. The van der Waals surface area contributed by atoms with Gasteiger partial charge in [-0.2, -0.15) is 0 Å². The van der Waals surface area contributed by atoms with Crippen LogP contribution in [-0.4, -0.2) is 36.1 Å². The Labute approximate surface area is 113 Å². The van der Waals surface area contributed by atoms with Crippen LogP contribution in [0.5, 0.6) is 0 Å². The number of nitrogens with zero attached hydrogens (tertiary/aromatic N) is 1. The molecule has 0 spiro atoms. The first-order chi connectivity index (χ1) is 8.39. The van der Waals surface area contributed by atoms with Gasteiger partial charge in [-0.05, 0) is 24.2 Å². The number of piperazine rings is 1. The van der Waals surface area contributed by atoms with Gasteiger partial charge in [0, 0.05) is 31.2 Å². The van der Waals surface area contributed by atoms with Gasteiger partial charge in [0.05, 0.1) is 0 Å². The lowest BCUT2D eigenvalue weighted by atomic mass is 9.83. The van der Waals surface area contributed by atoms with Gasteiger partial charge in [0.15, 0.2) is 0 Å². The van der Waals surface area contributed by atoms with E-state index in [9.17, 15) is 0 Å². The van der Waals surface area contributed by atoms with Crippen LogP contribution < -0.4 is 5.32 Å². The summed E-state index contributed by atoms with van der Waals surface area (Å²) in [6.07, 6.45) is 7.21. The molecule has 2 unspecified atom stereocenters. The normalized spacial score (nSPS) is 31.4. The molecule has 0 radical (unpaired) electrons. The maximum Gasteiger partial charge on any atom is 0.0247 e. The van der Waals surface area contributed by atoms with Crippen LogP contribution >= 0.6 is 0 Å². The van der Waals surface area contributed by atoms with Crippen molar-refractivity contribution in [3.8, 4) is 0 Å². The number of rotatable bonds is 2. The SMILES string of the molecule is CC(C)C1CNC(C(C)(C)C)CN1C1CC=CC1. The van der Waals surface area contributed by atoms with Crippen LogP contribution in [0.3, 0.4) is 0 Å². The van der Waals surface area contributed by atoms with E-state index in [0.717, 1.165) is 18.5 Å². The molecule has 1 N–H and O–H groups in total. The zero-order valence-corrected chi connectivity index (χ0v) is 12.7. The summed E-state index contributed by atoms with van der Waals surface area (Å²) in [6.45, 7) is 14.1. The maximum absolute atomic E-state index is 3.78. The van der Waals surface area contributed by atoms with Crippen LogP contribution in [0, 0.1) is 11.3 Å². The molecule has 1 aliphatic heterocycles. The molecule has 2 nitrogen and oxygen atoms in total. The van der Waals surface area contributed by atoms with Gasteiger partial charge in [-0.25, -0.2) is 0 Å². The Bertz CT molecular complexity index is 293. The van der Waals surface area contributed by atoms with Gasteiger partial charge in [0.2, 0.25) is 0 Å². The van der Waals surface area contributed by atoms with Gasteiger partial charge >= 0.3 is 0 Å². The summed E-state index contributed by atoms with van der Waals surface area (Å²) >= 11 is 0. The average molecular weight is 250 g/mol. The van der Waals surface area contributed by atoms with Crippen molar-refractivity contribution in [3.63, 3.8) is 0 Å². The second kappa shape index (κ2) is 5.34. The lowest BCUT2D eigenvalue weighted by Crippen LogP contribution is -2.63. The molecular formula is C16H30N2. The van der Waals surface area contributed by atoms with Gasteiger partial charge in [-0.3, -0.25) is 4.90 Å². The van der Waals surface area contributed by atoms with Crippen LogP contribution in [0.4, 0.5) is 0 Å². The van der Waals surface area contributed by atoms with Gasteiger partial charge in [0.1, 0.15) is 0 Å². The molecule has 2 rings (SSSR count). The molecule has 1 saturated heterocycles. The topological polar surface area (TPSA) is 15.3 Å². The Balaban J connectivity index is 2.08. The van der Waals surface area contributed by atoms with Gasteiger partial charge in [-0.1, -0.05) is 46.8 Å². The molecule has 2 heteroatoms. The minimum atomic E-state index is 0.353. The summed E-state index contributed by atoms with van der Waals surface area (Å²) in [4.78, 5) is 2.79. The van der Waals surface area contributed by atoms with Crippen LogP contribution in [0.25, 0.3) is 0 Å². The molecule has 0 aromatic rings. The minimum absolute atomic E-state index is 0.353. The highest BCUT2D eigenvalue weighted by Crippen LogP contribution is 2.30. The quantitative estimate of drug-likeness (QED) is 0.758. The molecule has 2 aliphatic rings. The van der Waals surface area contributed by atoms with Gasteiger partial charge in [0.25, 0.3) is 0 Å². The Kier molecular flexibility index (Phi) is 4.18. The first kappa shape index (κ1) is 14.1. The summed E-state index contributed by atoms with van der Waals surface area (Å²) in [6, 6.07) is 2.07. The highest BCUT2D eigenvalue weighted by molar-refractivity contribution is 5.03. The van der Waals surface area contributed by atoms with Crippen LogP contribution in [0.15, 0.2) is 12.2 Å². The van der Waals surface area contributed by atoms with E-state index in [1.165, 1.54) is 19.4 Å². The standard InChI is InChI=1S/C16H30N2/c1-12(2)14-10-17-15(16(3,4)5)11-18(14)13-8-6-7-9-13/h6-7,12-15,17H,8-11H2,1-5H3. The van der Waals surface area contributed by atoms with E-state index < -0.39 is 0 Å². The fourth-order valence-electron chi connectivity index (χ4n) is 3.28. The number of nitrogens with one attached hydrogen (secondary N) is 1. The second-order valence-electron chi connectivity index (χ2n) is 7.43. The Morgan fingerprint density at radius 2 is 1.78 bits per heavy atom. The summed E-state index contributed by atoms with van der Waals surface area (Å²) in [5.74, 6) is 0.735. The van der Waals surface area contributed by atoms with Crippen LogP contribution in [-0.2, 0) is 0 Å². The molecular weight excluding hydrogens is 220 g/mol. The molecule has 0 saturated carbocycles. The molecule has 18 heavy (non-hydrogen) atoms. The lowest BCUT2D eigenvalue weighted by Gasteiger charge is -2.49. The van der Waals surface area contributed by atoms with Gasteiger partial charge in [-0.15, -0.1) is 0 Å². The van der Waals surface area contributed by atoms with Crippen molar-refractivity contribution in [2.45, 2.75) is 65.6 Å². The average Bonchev–Trinajstić information content (AvgIpc) is 2.80. The fourth-order valence-corrected chi connectivity index (χ4v) is 3.28. The van der Waals surface area contributed by atoms with E-state index >= 15 is 0 Å². The molecule has 1 heterocycles. The predicted molar refractivity (Wildman–Crippen MR) is 78.7 cm³/mol. The van der Waals surface area contributed by atoms with Crippen molar-refractivity contribution >= 4 is 0 Å². The third-order valence-electron chi connectivity index (χ3n) is 4.66. The van der Waals surface area contributed by atoms with E-state index in [4.69, 9.17) is 0 Å². The summed E-state index contributed by atoms with van der Waals surface area (Å²) in [5.41, 5.74) is 0.353. The third kappa shape index (κ3) is 2.97. The Morgan fingerprint density at radius 3 is 2.28 bits per heavy atom. The van der Waals surface area contributed by atoms with Crippen molar-refractivity contribution in [2.75, 3.05) is 13.1 Å². The largest absolute Gasteiger partial charge is 0.311 e. The monoisotopic (exact) mass is 250 g/mol. The summed E-state index contributed by atoms with van der Waals surface area (Å²) < 4.78 is 0. The highest BCUT2D eigenvalue weighted by atomic mass is 15.3. The van der Waals surface area contributed by atoms with Crippen molar-refractivity contribution in [3.05, 3.63) is 12.2 Å². The van der Waals surface area contributed by atoms with Crippen molar-refractivity contribution in [1.82, 2.24) is 10.2 Å². The molecule has 0 aromatic carbocycles. The van der Waals surface area contributed by atoms with Crippen LogP contribution in [0.2, 0.25) is 0 Å². The lowest BCUT2D eigenvalue weighted by molar-refractivity contribution is 0.0327. The molecule has 1 fully saturated rings. The Hall–Kier alpha value is -0.340. The molecule has 0 bridgehead atoms. The molecule has 1 aliphatic carbocycles. The van der Waals surface area contributed by atoms with E-state index in [-0.39, 0.29) is 0 Å². The van der Waals surface area contributed by atoms with Crippen molar-refractivity contribution in [2.24, 2.45) is 11.3 Å². The van der Waals surface area contributed by atoms with E-state index in [1.807, 2.05) is 0 Å². The number of hydrogen-bond acceptors (Lipinski definition) is 2. The molecule has 2 atom stereocenters. The second-order valence-corrected chi connectivity index (χ2v) is 7.43. The summed E-state index contributed by atoms with van der Waals surface area (Å²) in [7, 11) is 0. The first-order valence-electron chi connectivity index (χ1n) is 7.53.